The second-order valence-electron chi connectivity index (χ2n) is 9.00. The standard InChI is InChI=1S/C30H32Cl3NO.C2H2O4/c1-3-5-13-34(14-6-4-2)19-29(35)28-18-23(33)17-27-25(15-20-7-9-21(31)10-8-20)26-16-22(32)11-12-24(26)30(27)28;3-1(4)2(5)6/h7-12,15-18,29,35H,3-6,13-14,19H2,1-2H3;(H,3,4)(H,5,6)/b25-15-;/i1D3,3D2,5D2,13D2;. The lowest BCUT2D eigenvalue weighted by Gasteiger charge is -2.26. The van der Waals surface area contributed by atoms with E-state index in [0.29, 0.717) is 44.6 Å². The monoisotopic (exact) mass is 626 g/mol. The summed E-state index contributed by atoms with van der Waals surface area (Å²) in [5.41, 5.74) is 4.89. The summed E-state index contributed by atoms with van der Waals surface area (Å²) >= 11 is 19.1. The van der Waals surface area contributed by atoms with Crippen LogP contribution >= 0.6 is 34.8 Å². The Morgan fingerprint density at radius 3 is 2.24 bits per heavy atom. The maximum Gasteiger partial charge on any atom is 0.414 e. The summed E-state index contributed by atoms with van der Waals surface area (Å²) in [4.78, 5) is 19.2. The molecule has 1 aliphatic rings. The summed E-state index contributed by atoms with van der Waals surface area (Å²) in [5.74, 6) is -3.65. The van der Waals surface area contributed by atoms with E-state index in [1.165, 1.54) is 0 Å². The highest BCUT2D eigenvalue weighted by Crippen LogP contribution is 2.50. The molecule has 0 fully saturated rings. The van der Waals surface area contributed by atoms with Crippen molar-refractivity contribution in [1.29, 1.82) is 0 Å². The van der Waals surface area contributed by atoms with Crippen LogP contribution in [0.3, 0.4) is 0 Å². The van der Waals surface area contributed by atoms with E-state index in [-0.39, 0.29) is 6.54 Å². The number of hydrogen-bond acceptors (Lipinski definition) is 4. The lowest BCUT2D eigenvalue weighted by atomic mass is 9.94. The van der Waals surface area contributed by atoms with E-state index in [9.17, 15) is 5.11 Å². The largest absolute Gasteiger partial charge is 0.473 e. The van der Waals surface area contributed by atoms with E-state index in [4.69, 9.17) is 66.9 Å². The van der Waals surface area contributed by atoms with Gasteiger partial charge in [-0.3, -0.25) is 0 Å². The third-order valence-electron chi connectivity index (χ3n) is 6.14. The molecule has 0 spiro atoms. The van der Waals surface area contributed by atoms with Gasteiger partial charge < -0.3 is 20.2 Å². The fourth-order valence-corrected chi connectivity index (χ4v) is 4.87. The average molecular weight is 628 g/mol. The summed E-state index contributed by atoms with van der Waals surface area (Å²) in [6, 6.07) is 15.9. The van der Waals surface area contributed by atoms with Crippen molar-refractivity contribution in [3.8, 4) is 11.1 Å². The quantitative estimate of drug-likeness (QED) is 0.153. The molecule has 6 nitrogen and oxygen atoms in total. The number of aliphatic hydroxyl groups is 1. The highest BCUT2D eigenvalue weighted by Gasteiger charge is 2.29. The first-order chi connectivity index (χ1) is 23.0. The third-order valence-corrected chi connectivity index (χ3v) is 6.84. The van der Waals surface area contributed by atoms with E-state index in [2.05, 4.69) is 0 Å². The van der Waals surface area contributed by atoms with Crippen LogP contribution in [0.5, 0.6) is 0 Å². The van der Waals surface area contributed by atoms with Gasteiger partial charge in [0.1, 0.15) is 0 Å². The first-order valence-corrected chi connectivity index (χ1v) is 13.6. The fourth-order valence-electron chi connectivity index (χ4n) is 4.34. The van der Waals surface area contributed by atoms with Crippen LogP contribution in [-0.2, 0) is 9.59 Å². The molecule has 0 aliphatic heterocycles. The van der Waals surface area contributed by atoms with E-state index < -0.39 is 50.7 Å². The number of carbonyl (C=O) groups is 2. The van der Waals surface area contributed by atoms with Gasteiger partial charge in [0.15, 0.2) is 0 Å². The van der Waals surface area contributed by atoms with Gasteiger partial charge in [-0.25, -0.2) is 9.59 Å². The van der Waals surface area contributed by atoms with Crippen LogP contribution in [0.25, 0.3) is 22.8 Å². The number of nitrogens with zero attached hydrogens (tertiary/aromatic N) is 1. The Labute approximate surface area is 268 Å². The number of rotatable bonds is 10. The van der Waals surface area contributed by atoms with E-state index in [1.807, 2.05) is 31.2 Å². The van der Waals surface area contributed by atoms with Crippen LogP contribution in [0.4, 0.5) is 0 Å². The van der Waals surface area contributed by atoms with Gasteiger partial charge in [0.2, 0.25) is 0 Å². The second-order valence-corrected chi connectivity index (χ2v) is 10.3. The molecule has 0 amide bonds. The highest BCUT2D eigenvalue weighted by atomic mass is 35.5. The molecule has 1 aliphatic carbocycles. The number of unbranched alkanes of at least 4 members (excludes halogenated alkanes) is 1. The normalized spacial score (nSPS) is 18.0. The summed E-state index contributed by atoms with van der Waals surface area (Å²) in [6.45, 7) is -5.23. The second kappa shape index (κ2) is 15.4. The number of aliphatic hydroxyl groups excluding tert-OH is 1. The number of hydrogen-bond donors (Lipinski definition) is 3. The Bertz CT molecular complexity index is 1760. The molecular formula is C32H34Cl3NO5. The molecule has 0 saturated carbocycles. The van der Waals surface area contributed by atoms with E-state index in [0.717, 1.165) is 27.2 Å². The SMILES string of the molecule is O=C(O)C(=O)O.[2H]C([2H])([2H])C([2H])([2H])C([2H])([2H])C([2H])([2H])N(CCCC)CC(O)c1cc(Cl)cc2c1-c1ccc(Cl)cc1/C2=C/c1ccc(Cl)cc1. The van der Waals surface area contributed by atoms with Crippen LogP contribution in [0.2, 0.25) is 15.1 Å². The molecule has 4 rings (SSSR count). The van der Waals surface area contributed by atoms with Crippen LogP contribution in [-0.4, -0.2) is 51.7 Å². The summed E-state index contributed by atoms with van der Waals surface area (Å²) in [5, 5.41) is 27.9. The van der Waals surface area contributed by atoms with Gasteiger partial charge in [0.05, 0.1) is 6.10 Å². The van der Waals surface area contributed by atoms with Crippen LogP contribution in [0.1, 0.15) is 80.1 Å². The van der Waals surface area contributed by atoms with Gasteiger partial charge in [-0.05, 0) is 107 Å². The van der Waals surface area contributed by atoms with Gasteiger partial charge in [-0.1, -0.05) is 79.6 Å². The molecule has 41 heavy (non-hydrogen) atoms. The van der Waals surface area contributed by atoms with Crippen molar-refractivity contribution >= 4 is 58.4 Å². The van der Waals surface area contributed by atoms with Crippen molar-refractivity contribution in [3.63, 3.8) is 0 Å². The maximum atomic E-state index is 11.7. The van der Waals surface area contributed by atoms with Crippen molar-refractivity contribution in [2.75, 3.05) is 19.6 Å². The number of carboxylic acids is 2. The molecule has 0 bridgehead atoms. The Kier molecular flexibility index (Phi) is 8.17. The van der Waals surface area contributed by atoms with Crippen molar-refractivity contribution in [2.24, 2.45) is 0 Å². The molecule has 3 aromatic rings. The number of aliphatic carboxylic acids is 2. The summed E-state index contributed by atoms with van der Waals surface area (Å²) in [6.07, 6.45) is -5.49. The van der Waals surface area contributed by atoms with E-state index >= 15 is 0 Å². The van der Waals surface area contributed by atoms with Gasteiger partial charge in [0.25, 0.3) is 0 Å². The predicted octanol–water partition coefficient (Wildman–Crippen LogP) is 8.31. The third kappa shape index (κ3) is 8.81. The molecule has 3 aromatic carbocycles. The molecule has 1 unspecified atom stereocenters. The van der Waals surface area contributed by atoms with Crippen molar-refractivity contribution in [2.45, 2.75) is 45.5 Å². The fraction of sp³-hybridized carbons (Fsp3) is 0.312. The minimum absolute atomic E-state index is 0.0617. The highest BCUT2D eigenvalue weighted by molar-refractivity contribution is 6.32. The predicted molar refractivity (Wildman–Crippen MR) is 167 cm³/mol. The van der Waals surface area contributed by atoms with Crippen LogP contribution < -0.4 is 0 Å². The number of carboxylic acid groups (broad SMARTS) is 2. The van der Waals surface area contributed by atoms with Crippen molar-refractivity contribution in [1.82, 2.24) is 4.90 Å². The molecule has 0 saturated heterocycles. The van der Waals surface area contributed by atoms with Crippen molar-refractivity contribution < 1.29 is 37.2 Å². The molecule has 9 heteroatoms. The smallest absolute Gasteiger partial charge is 0.414 e. The zero-order chi connectivity index (χ0) is 38.0. The Balaban J connectivity index is 0.00000103. The van der Waals surface area contributed by atoms with E-state index in [1.54, 1.807) is 36.4 Å². The molecule has 218 valence electrons. The number of benzene rings is 3. The summed E-state index contributed by atoms with van der Waals surface area (Å²) in [7, 11) is 0. The zero-order valence-electron chi connectivity index (χ0n) is 30.9. The van der Waals surface area contributed by atoms with Crippen LogP contribution in [0.15, 0.2) is 54.6 Å². The molecule has 0 heterocycles. The first-order valence-electron chi connectivity index (χ1n) is 17.0. The van der Waals surface area contributed by atoms with Gasteiger partial charge in [-0.2, -0.15) is 0 Å². The molecule has 0 radical (unpaired) electrons. The topological polar surface area (TPSA) is 98.1 Å². The summed E-state index contributed by atoms with van der Waals surface area (Å²) < 4.78 is 73.1. The van der Waals surface area contributed by atoms with Crippen LogP contribution in [0, 0.1) is 0 Å². The minimum atomic E-state index is -3.53. The zero-order valence-corrected chi connectivity index (χ0v) is 24.2. The molecule has 3 N–H and O–H groups in total. The Morgan fingerprint density at radius 2 is 1.61 bits per heavy atom. The lowest BCUT2D eigenvalue weighted by Crippen LogP contribution is -2.31. The van der Waals surface area contributed by atoms with Gasteiger partial charge in [0, 0.05) is 33.9 Å². The molecular weight excluding hydrogens is 585 g/mol. The average Bonchev–Trinajstić information content (AvgIpc) is 3.30. The van der Waals surface area contributed by atoms with Crippen molar-refractivity contribution in [3.05, 3.63) is 91.9 Å². The first kappa shape index (κ1) is 21.8. The molecule has 0 aromatic heterocycles. The van der Waals surface area contributed by atoms with Gasteiger partial charge in [-0.15, -0.1) is 0 Å². The minimum Gasteiger partial charge on any atom is -0.473 e. The Hall–Kier alpha value is -2.87. The lowest BCUT2D eigenvalue weighted by molar-refractivity contribution is -0.159. The van der Waals surface area contributed by atoms with Gasteiger partial charge >= 0.3 is 11.9 Å². The Morgan fingerprint density at radius 1 is 0.951 bits per heavy atom. The maximum absolute atomic E-state index is 11.7. The number of halogens is 3. The molecule has 1 atom stereocenters. The number of fused-ring (bicyclic) bond motifs is 3.